The molecule has 1 aromatic heterocycles. The van der Waals surface area contributed by atoms with E-state index in [-0.39, 0.29) is 5.91 Å². The summed E-state index contributed by atoms with van der Waals surface area (Å²) in [7, 11) is 0. The van der Waals surface area contributed by atoms with Crippen molar-refractivity contribution >= 4 is 22.4 Å². The zero-order chi connectivity index (χ0) is 24.2. The Morgan fingerprint density at radius 2 is 1.91 bits per heavy atom. The van der Waals surface area contributed by atoms with Crippen LogP contribution in [0.25, 0.3) is 27.7 Å². The van der Waals surface area contributed by atoms with Crippen molar-refractivity contribution < 1.29 is 18.7 Å². The number of aryl methyl sites for hydroxylation is 1. The van der Waals surface area contributed by atoms with E-state index in [0.717, 1.165) is 69.8 Å². The number of rotatable bonds is 7. The van der Waals surface area contributed by atoms with E-state index < -0.39 is 0 Å². The Labute approximate surface area is 202 Å². The molecule has 0 N–H and O–H groups in total. The Bertz CT molecular complexity index is 1190. The molecule has 1 aliphatic rings. The molecule has 2 aromatic carbocycles. The monoisotopic (exact) mass is 461 g/mol. The molecule has 34 heavy (non-hydrogen) atoms. The van der Waals surface area contributed by atoms with E-state index in [0.29, 0.717) is 19.1 Å². The molecule has 1 aliphatic heterocycles. The van der Waals surface area contributed by atoms with Gasteiger partial charge in [0.2, 0.25) is 5.91 Å². The van der Waals surface area contributed by atoms with Gasteiger partial charge < -0.3 is 18.8 Å². The topological polar surface area (TPSA) is 51.9 Å². The number of allylic oxidation sites excluding steroid dienone is 1. The van der Waals surface area contributed by atoms with Crippen molar-refractivity contribution in [2.24, 2.45) is 5.92 Å². The van der Waals surface area contributed by atoms with Gasteiger partial charge in [0.05, 0.1) is 19.5 Å². The lowest BCUT2D eigenvalue weighted by Gasteiger charge is -2.30. The highest BCUT2D eigenvalue weighted by Crippen LogP contribution is 2.41. The van der Waals surface area contributed by atoms with Crippen LogP contribution in [0, 0.1) is 12.8 Å². The highest BCUT2D eigenvalue weighted by atomic mass is 16.5. The molecular weight excluding hydrogens is 426 g/mol. The van der Waals surface area contributed by atoms with Crippen LogP contribution in [0.3, 0.4) is 0 Å². The van der Waals surface area contributed by atoms with Crippen LogP contribution in [-0.4, -0.2) is 37.1 Å². The summed E-state index contributed by atoms with van der Waals surface area (Å²) < 4.78 is 17.7. The first-order chi connectivity index (χ1) is 16.4. The van der Waals surface area contributed by atoms with Crippen LogP contribution in [-0.2, 0) is 4.79 Å². The molecule has 0 bridgehead atoms. The van der Waals surface area contributed by atoms with Crippen LogP contribution in [0.2, 0.25) is 0 Å². The fraction of sp³-hybridized carbons (Fsp3) is 0.414. The molecule has 0 radical (unpaired) electrons. The summed E-state index contributed by atoms with van der Waals surface area (Å²) in [4.78, 5) is 15.0. The molecule has 0 aliphatic carbocycles. The number of fused-ring (bicyclic) bond motifs is 1. The fourth-order valence-corrected chi connectivity index (χ4v) is 4.80. The molecular formula is C29H35NO4. The van der Waals surface area contributed by atoms with E-state index in [4.69, 9.17) is 13.9 Å². The first-order valence-corrected chi connectivity index (χ1v) is 12.3. The third kappa shape index (κ3) is 4.84. The second kappa shape index (κ2) is 10.4. The molecule has 5 heteroatoms. The van der Waals surface area contributed by atoms with Crippen molar-refractivity contribution in [3.05, 3.63) is 53.8 Å². The number of furan rings is 1. The predicted octanol–water partition coefficient (Wildman–Crippen LogP) is 6.87. The van der Waals surface area contributed by atoms with E-state index >= 15 is 0 Å². The summed E-state index contributed by atoms with van der Waals surface area (Å²) >= 11 is 0. The highest BCUT2D eigenvalue weighted by Gasteiger charge is 2.22. The van der Waals surface area contributed by atoms with Gasteiger partial charge in [-0.2, -0.15) is 0 Å². The quantitative estimate of drug-likeness (QED) is 0.360. The minimum Gasteiger partial charge on any atom is -0.494 e. The number of likely N-dealkylation sites (tertiary alicyclic amines) is 1. The molecule has 1 atom stereocenters. The third-order valence-electron chi connectivity index (χ3n) is 6.54. The van der Waals surface area contributed by atoms with E-state index in [1.54, 1.807) is 12.3 Å². The summed E-state index contributed by atoms with van der Waals surface area (Å²) in [5.41, 5.74) is 5.64. The van der Waals surface area contributed by atoms with Gasteiger partial charge in [-0.25, -0.2) is 0 Å². The van der Waals surface area contributed by atoms with Gasteiger partial charge in [0.25, 0.3) is 0 Å². The number of piperidine rings is 1. The molecule has 1 fully saturated rings. The van der Waals surface area contributed by atoms with Crippen LogP contribution in [0.1, 0.15) is 51.7 Å². The summed E-state index contributed by atoms with van der Waals surface area (Å²) in [5.74, 6) is 2.24. The lowest BCUT2D eigenvalue weighted by molar-refractivity contribution is -0.127. The molecule has 5 nitrogen and oxygen atoms in total. The van der Waals surface area contributed by atoms with Gasteiger partial charge in [-0.3, -0.25) is 4.79 Å². The van der Waals surface area contributed by atoms with Crippen LogP contribution >= 0.6 is 0 Å². The molecule has 0 saturated carbocycles. The maximum atomic E-state index is 13.0. The van der Waals surface area contributed by atoms with Crippen LogP contribution in [0.15, 0.2) is 47.1 Å². The van der Waals surface area contributed by atoms with Crippen molar-refractivity contribution in [2.45, 2.75) is 47.5 Å². The Balaban J connectivity index is 1.76. The molecule has 1 amide bonds. The lowest BCUT2D eigenvalue weighted by Crippen LogP contribution is -2.38. The second-order valence-electron chi connectivity index (χ2n) is 9.15. The Hall–Kier alpha value is -3.21. The summed E-state index contributed by atoms with van der Waals surface area (Å²) in [6, 6.07) is 10.1. The third-order valence-corrected chi connectivity index (χ3v) is 6.54. The first kappa shape index (κ1) is 23.9. The predicted molar refractivity (Wildman–Crippen MR) is 137 cm³/mol. The van der Waals surface area contributed by atoms with Gasteiger partial charge >= 0.3 is 0 Å². The van der Waals surface area contributed by atoms with E-state index in [2.05, 4.69) is 13.0 Å². The van der Waals surface area contributed by atoms with Gasteiger partial charge in [0, 0.05) is 41.2 Å². The average Bonchev–Trinajstić information content (AvgIpc) is 3.26. The minimum atomic E-state index is 0.0724. The van der Waals surface area contributed by atoms with Crippen LogP contribution < -0.4 is 9.47 Å². The zero-order valence-electron chi connectivity index (χ0n) is 20.9. The maximum Gasteiger partial charge on any atom is 0.246 e. The van der Waals surface area contributed by atoms with Crippen molar-refractivity contribution in [3.63, 3.8) is 0 Å². The molecule has 2 heterocycles. The van der Waals surface area contributed by atoms with Crippen molar-refractivity contribution in [2.75, 3.05) is 26.3 Å². The molecule has 4 rings (SSSR count). The van der Waals surface area contributed by atoms with Gasteiger partial charge in [0.15, 0.2) is 0 Å². The average molecular weight is 462 g/mol. The number of amides is 1. The fourth-order valence-electron chi connectivity index (χ4n) is 4.80. The van der Waals surface area contributed by atoms with Gasteiger partial charge in [-0.1, -0.05) is 19.1 Å². The number of carbonyl (C=O) groups is 1. The van der Waals surface area contributed by atoms with E-state index in [1.807, 2.05) is 56.9 Å². The van der Waals surface area contributed by atoms with Gasteiger partial charge in [0.1, 0.15) is 17.1 Å². The number of ether oxygens (including phenoxy) is 2. The van der Waals surface area contributed by atoms with E-state index in [1.165, 1.54) is 6.42 Å². The maximum absolute atomic E-state index is 13.0. The highest BCUT2D eigenvalue weighted by molar-refractivity contribution is 6.01. The number of hydrogen-bond donors (Lipinski definition) is 0. The summed E-state index contributed by atoms with van der Waals surface area (Å²) in [6.07, 6.45) is 5.81. The minimum absolute atomic E-state index is 0.0724. The van der Waals surface area contributed by atoms with Gasteiger partial charge in [-0.05, 0) is 75.8 Å². The number of benzene rings is 2. The Morgan fingerprint density at radius 3 is 2.59 bits per heavy atom. The van der Waals surface area contributed by atoms with Crippen molar-refractivity contribution in [1.82, 2.24) is 4.90 Å². The second-order valence-corrected chi connectivity index (χ2v) is 9.15. The normalized spacial score (nSPS) is 16.7. The van der Waals surface area contributed by atoms with Crippen molar-refractivity contribution in [3.8, 4) is 22.6 Å². The summed E-state index contributed by atoms with van der Waals surface area (Å²) in [6.45, 7) is 13.0. The zero-order valence-corrected chi connectivity index (χ0v) is 20.9. The molecule has 0 spiro atoms. The first-order valence-electron chi connectivity index (χ1n) is 12.3. The van der Waals surface area contributed by atoms with Crippen LogP contribution in [0.4, 0.5) is 0 Å². The molecule has 1 saturated heterocycles. The standard InChI is InChI=1S/C29H35NO4/c1-6-32-23-12-10-22(11-13-23)26-18-34-29-21(5)28(33-7-2)24(16-25(26)29)20(4)15-27(31)30-14-8-9-19(3)17-30/h10-13,15-16,18-19H,6-9,14,17H2,1-5H3/b20-15+. The molecule has 3 aromatic rings. The van der Waals surface area contributed by atoms with Crippen molar-refractivity contribution in [1.29, 1.82) is 0 Å². The number of nitrogens with zero attached hydrogens (tertiary/aromatic N) is 1. The largest absolute Gasteiger partial charge is 0.494 e. The number of hydrogen-bond acceptors (Lipinski definition) is 4. The molecule has 180 valence electrons. The smallest absolute Gasteiger partial charge is 0.246 e. The number of carbonyl (C=O) groups excluding carboxylic acids is 1. The Morgan fingerprint density at radius 1 is 1.18 bits per heavy atom. The lowest BCUT2D eigenvalue weighted by atomic mass is 9.96. The summed E-state index contributed by atoms with van der Waals surface area (Å²) in [5, 5.41) is 1.01. The van der Waals surface area contributed by atoms with Crippen LogP contribution in [0.5, 0.6) is 11.5 Å². The SMILES string of the molecule is CCOc1ccc(-c2coc3c(C)c(OCC)c(/C(C)=C/C(=O)N4CCCC(C)C4)cc23)cc1. The Kier molecular flexibility index (Phi) is 7.30. The van der Waals surface area contributed by atoms with E-state index in [9.17, 15) is 4.79 Å². The molecule has 1 unspecified atom stereocenters. The van der Waals surface area contributed by atoms with Gasteiger partial charge in [-0.15, -0.1) is 0 Å².